The van der Waals surface area contributed by atoms with Crippen LogP contribution in [0.4, 0.5) is 11.4 Å². The summed E-state index contributed by atoms with van der Waals surface area (Å²) in [6, 6.07) is 40.4. The number of hydrogen-bond donors (Lipinski definition) is 0. The maximum Gasteiger partial charge on any atom is 0.0718 e. The van der Waals surface area contributed by atoms with Gasteiger partial charge >= 0.3 is 0 Å². The molecule has 4 aromatic rings. The van der Waals surface area contributed by atoms with Gasteiger partial charge in [-0.05, 0) is 49.2 Å². The van der Waals surface area contributed by atoms with Gasteiger partial charge in [0.25, 0.3) is 0 Å². The SMILES string of the molecule is Cc1ccc(N2CC(c3ccccc3)N(c3ccc(C)cc3)CC2c2ccccc2)cc1. The first-order valence-corrected chi connectivity index (χ1v) is 11.5. The molecule has 32 heavy (non-hydrogen) atoms. The minimum absolute atomic E-state index is 0.278. The minimum atomic E-state index is 0.278. The normalized spacial score (nSPS) is 18.6. The van der Waals surface area contributed by atoms with Crippen molar-refractivity contribution in [3.05, 3.63) is 131 Å². The van der Waals surface area contributed by atoms with E-state index in [1.54, 1.807) is 0 Å². The van der Waals surface area contributed by atoms with E-state index < -0.39 is 0 Å². The predicted octanol–water partition coefficient (Wildman–Crippen LogP) is 7.11. The third-order valence-electron chi connectivity index (χ3n) is 6.59. The monoisotopic (exact) mass is 418 g/mol. The molecule has 1 fully saturated rings. The molecular formula is C30H30N2. The highest BCUT2D eigenvalue weighted by Crippen LogP contribution is 2.40. The zero-order valence-corrected chi connectivity index (χ0v) is 18.9. The molecule has 0 radical (unpaired) electrons. The summed E-state index contributed by atoms with van der Waals surface area (Å²) in [4.78, 5) is 5.19. The van der Waals surface area contributed by atoms with Crippen molar-refractivity contribution in [2.75, 3.05) is 22.9 Å². The van der Waals surface area contributed by atoms with Crippen LogP contribution >= 0.6 is 0 Å². The molecule has 2 heteroatoms. The number of benzene rings is 4. The first-order valence-electron chi connectivity index (χ1n) is 11.5. The van der Waals surface area contributed by atoms with E-state index in [4.69, 9.17) is 0 Å². The van der Waals surface area contributed by atoms with E-state index in [2.05, 4.69) is 133 Å². The molecule has 160 valence electrons. The topological polar surface area (TPSA) is 6.48 Å². The van der Waals surface area contributed by atoms with Crippen LogP contribution in [0.5, 0.6) is 0 Å². The lowest BCUT2D eigenvalue weighted by Crippen LogP contribution is -2.50. The Morgan fingerprint density at radius 2 is 0.812 bits per heavy atom. The molecule has 1 aliphatic rings. The lowest BCUT2D eigenvalue weighted by Gasteiger charge is -2.49. The molecule has 1 aliphatic heterocycles. The average molecular weight is 419 g/mol. The Morgan fingerprint density at radius 3 is 1.16 bits per heavy atom. The average Bonchev–Trinajstić information content (AvgIpc) is 2.85. The molecule has 0 aliphatic carbocycles. The third-order valence-corrected chi connectivity index (χ3v) is 6.59. The van der Waals surface area contributed by atoms with Gasteiger partial charge in [-0.25, -0.2) is 0 Å². The number of nitrogens with zero attached hydrogens (tertiary/aromatic N) is 2. The lowest BCUT2D eigenvalue weighted by atomic mass is 9.94. The fourth-order valence-corrected chi connectivity index (χ4v) is 4.79. The van der Waals surface area contributed by atoms with Gasteiger partial charge in [0.15, 0.2) is 0 Å². The predicted molar refractivity (Wildman–Crippen MR) is 135 cm³/mol. The van der Waals surface area contributed by atoms with Crippen LogP contribution in [0.15, 0.2) is 109 Å². The second-order valence-electron chi connectivity index (χ2n) is 8.83. The fraction of sp³-hybridized carbons (Fsp3) is 0.200. The Balaban J connectivity index is 1.61. The summed E-state index contributed by atoms with van der Waals surface area (Å²) in [5.41, 5.74) is 7.88. The lowest BCUT2D eigenvalue weighted by molar-refractivity contribution is 0.462. The van der Waals surface area contributed by atoms with Gasteiger partial charge in [-0.3, -0.25) is 0 Å². The standard InChI is InChI=1S/C30H30N2/c1-23-13-17-27(18-14-23)31-21-30(26-11-7-4-8-12-26)32(28-19-15-24(2)16-20-28)22-29(31)25-9-5-3-6-10-25/h3-20,29-30H,21-22H2,1-2H3. The van der Waals surface area contributed by atoms with E-state index in [-0.39, 0.29) is 12.1 Å². The summed E-state index contributed by atoms with van der Waals surface area (Å²) >= 11 is 0. The molecule has 2 nitrogen and oxygen atoms in total. The molecular weight excluding hydrogens is 388 g/mol. The van der Waals surface area contributed by atoms with Gasteiger partial charge in [-0.1, -0.05) is 96.1 Å². The Labute approximate surface area is 191 Å². The molecule has 0 bridgehead atoms. The zero-order valence-electron chi connectivity index (χ0n) is 18.9. The Morgan fingerprint density at radius 1 is 0.469 bits per heavy atom. The van der Waals surface area contributed by atoms with Crippen LogP contribution in [0.1, 0.15) is 34.3 Å². The van der Waals surface area contributed by atoms with E-state index in [0.717, 1.165) is 13.1 Å². The Kier molecular flexibility index (Phi) is 5.68. The summed E-state index contributed by atoms with van der Waals surface area (Å²) in [5.74, 6) is 0. The third kappa shape index (κ3) is 4.13. The summed E-state index contributed by atoms with van der Waals surface area (Å²) < 4.78 is 0. The summed E-state index contributed by atoms with van der Waals surface area (Å²) in [7, 11) is 0. The number of hydrogen-bond acceptors (Lipinski definition) is 2. The van der Waals surface area contributed by atoms with Gasteiger partial charge in [0.05, 0.1) is 12.1 Å². The van der Waals surface area contributed by atoms with Crippen LogP contribution in [-0.4, -0.2) is 13.1 Å². The van der Waals surface area contributed by atoms with Crippen LogP contribution in [0.3, 0.4) is 0 Å². The molecule has 0 spiro atoms. The molecule has 4 aromatic carbocycles. The summed E-state index contributed by atoms with van der Waals surface area (Å²) in [6.45, 7) is 6.17. The van der Waals surface area contributed by atoms with Crippen molar-refractivity contribution in [3.63, 3.8) is 0 Å². The van der Waals surface area contributed by atoms with Crippen molar-refractivity contribution >= 4 is 11.4 Å². The van der Waals surface area contributed by atoms with E-state index in [1.165, 1.54) is 33.6 Å². The molecule has 5 rings (SSSR count). The van der Waals surface area contributed by atoms with Crippen molar-refractivity contribution in [3.8, 4) is 0 Å². The summed E-state index contributed by atoms with van der Waals surface area (Å²) in [6.07, 6.45) is 0. The molecule has 0 saturated carbocycles. The highest BCUT2D eigenvalue weighted by atomic mass is 15.3. The van der Waals surface area contributed by atoms with Crippen molar-refractivity contribution in [1.29, 1.82) is 0 Å². The molecule has 1 heterocycles. The van der Waals surface area contributed by atoms with E-state index in [9.17, 15) is 0 Å². The van der Waals surface area contributed by atoms with Gasteiger partial charge < -0.3 is 9.80 Å². The second kappa shape index (κ2) is 8.92. The molecule has 2 atom stereocenters. The number of piperazine rings is 1. The van der Waals surface area contributed by atoms with Crippen molar-refractivity contribution in [2.24, 2.45) is 0 Å². The largest absolute Gasteiger partial charge is 0.360 e. The van der Waals surface area contributed by atoms with Crippen LogP contribution in [0, 0.1) is 13.8 Å². The molecule has 1 saturated heterocycles. The minimum Gasteiger partial charge on any atom is -0.360 e. The maximum absolute atomic E-state index is 2.59. The van der Waals surface area contributed by atoms with Gasteiger partial charge in [-0.15, -0.1) is 0 Å². The van der Waals surface area contributed by atoms with Gasteiger partial charge in [-0.2, -0.15) is 0 Å². The van der Waals surface area contributed by atoms with E-state index in [1.807, 2.05) is 0 Å². The van der Waals surface area contributed by atoms with Crippen molar-refractivity contribution < 1.29 is 0 Å². The van der Waals surface area contributed by atoms with Crippen LogP contribution < -0.4 is 9.80 Å². The van der Waals surface area contributed by atoms with Gasteiger partial charge in [0.2, 0.25) is 0 Å². The molecule has 0 N–H and O–H groups in total. The Hall–Kier alpha value is -3.52. The fourth-order valence-electron chi connectivity index (χ4n) is 4.79. The zero-order chi connectivity index (χ0) is 21.9. The number of rotatable bonds is 4. The number of aryl methyl sites for hydroxylation is 2. The summed E-state index contributed by atoms with van der Waals surface area (Å²) in [5, 5.41) is 0. The molecule has 0 aromatic heterocycles. The van der Waals surface area contributed by atoms with E-state index in [0.29, 0.717) is 0 Å². The van der Waals surface area contributed by atoms with Crippen LogP contribution in [0.25, 0.3) is 0 Å². The van der Waals surface area contributed by atoms with E-state index >= 15 is 0 Å². The van der Waals surface area contributed by atoms with Crippen LogP contribution in [-0.2, 0) is 0 Å². The van der Waals surface area contributed by atoms with Gasteiger partial charge in [0.1, 0.15) is 0 Å². The van der Waals surface area contributed by atoms with Crippen molar-refractivity contribution in [2.45, 2.75) is 25.9 Å². The second-order valence-corrected chi connectivity index (χ2v) is 8.83. The number of anilines is 2. The van der Waals surface area contributed by atoms with Crippen LogP contribution in [0.2, 0.25) is 0 Å². The Bertz CT molecular complexity index is 1040. The first kappa shape index (κ1) is 20.4. The maximum atomic E-state index is 2.59. The molecule has 2 unspecified atom stereocenters. The molecule has 0 amide bonds. The first-order chi connectivity index (χ1) is 15.7. The highest BCUT2D eigenvalue weighted by Gasteiger charge is 2.35. The van der Waals surface area contributed by atoms with Gasteiger partial charge in [0, 0.05) is 24.5 Å². The highest BCUT2D eigenvalue weighted by molar-refractivity contribution is 5.57. The quantitative estimate of drug-likeness (QED) is 0.348. The van der Waals surface area contributed by atoms with Crippen molar-refractivity contribution in [1.82, 2.24) is 0 Å². The smallest absolute Gasteiger partial charge is 0.0718 e.